The number of rotatable bonds is 4. The Kier molecular flexibility index (Phi) is 4.19. The SMILES string of the molecule is Clc1ncccc1O[C@@H](c1ccccc1)C1CCNC1. The predicted octanol–water partition coefficient (Wildman–Crippen LogP) is 3.46. The molecular formula is C16H17ClN2O. The van der Waals surface area contributed by atoms with E-state index in [0.29, 0.717) is 16.8 Å². The molecule has 1 N–H and O–H groups in total. The molecule has 0 radical (unpaired) electrons. The third-order valence-electron chi connectivity index (χ3n) is 3.63. The number of nitrogens with one attached hydrogen (secondary N) is 1. The maximum atomic E-state index is 6.18. The zero-order chi connectivity index (χ0) is 13.8. The van der Waals surface area contributed by atoms with Crippen molar-refractivity contribution in [3.63, 3.8) is 0 Å². The van der Waals surface area contributed by atoms with Crippen LogP contribution in [0.4, 0.5) is 0 Å². The van der Waals surface area contributed by atoms with E-state index in [1.165, 1.54) is 5.56 Å². The van der Waals surface area contributed by atoms with Crippen LogP contribution in [0.3, 0.4) is 0 Å². The minimum atomic E-state index is 0.00731. The Hall–Kier alpha value is -1.58. The average Bonchev–Trinajstić information content (AvgIpc) is 3.01. The number of nitrogens with zero attached hydrogens (tertiary/aromatic N) is 1. The maximum absolute atomic E-state index is 6.18. The van der Waals surface area contributed by atoms with Crippen LogP contribution >= 0.6 is 11.6 Å². The molecule has 1 fully saturated rings. The van der Waals surface area contributed by atoms with Crippen LogP contribution in [0.5, 0.6) is 5.75 Å². The lowest BCUT2D eigenvalue weighted by Crippen LogP contribution is -2.21. The summed E-state index contributed by atoms with van der Waals surface area (Å²) in [6.07, 6.45) is 2.79. The first-order valence-electron chi connectivity index (χ1n) is 6.87. The highest BCUT2D eigenvalue weighted by Crippen LogP contribution is 2.34. The molecule has 0 bridgehead atoms. The van der Waals surface area contributed by atoms with Gasteiger partial charge in [0.2, 0.25) is 0 Å². The topological polar surface area (TPSA) is 34.1 Å². The summed E-state index contributed by atoms with van der Waals surface area (Å²) in [5.74, 6) is 1.10. The lowest BCUT2D eigenvalue weighted by molar-refractivity contribution is 0.144. The second kappa shape index (κ2) is 6.25. The maximum Gasteiger partial charge on any atom is 0.171 e. The monoisotopic (exact) mass is 288 g/mol. The summed E-state index contributed by atoms with van der Waals surface area (Å²) in [5.41, 5.74) is 1.18. The van der Waals surface area contributed by atoms with Crippen molar-refractivity contribution in [2.75, 3.05) is 13.1 Å². The molecule has 2 heterocycles. The molecule has 3 nitrogen and oxygen atoms in total. The second-order valence-corrected chi connectivity index (χ2v) is 5.35. The molecule has 1 aliphatic heterocycles. The molecule has 0 spiro atoms. The lowest BCUT2D eigenvalue weighted by atomic mass is 9.95. The van der Waals surface area contributed by atoms with Gasteiger partial charge in [-0.2, -0.15) is 0 Å². The number of halogens is 1. The molecule has 1 aliphatic rings. The first-order valence-corrected chi connectivity index (χ1v) is 7.25. The van der Waals surface area contributed by atoms with E-state index in [4.69, 9.17) is 16.3 Å². The van der Waals surface area contributed by atoms with Crippen LogP contribution in [0.15, 0.2) is 48.7 Å². The van der Waals surface area contributed by atoms with Gasteiger partial charge in [-0.25, -0.2) is 4.98 Å². The lowest BCUT2D eigenvalue weighted by Gasteiger charge is -2.25. The molecule has 1 aromatic carbocycles. The fourth-order valence-corrected chi connectivity index (χ4v) is 2.77. The highest BCUT2D eigenvalue weighted by atomic mass is 35.5. The Morgan fingerprint density at radius 2 is 2.05 bits per heavy atom. The highest BCUT2D eigenvalue weighted by Gasteiger charge is 2.28. The normalized spacial score (nSPS) is 19.8. The third-order valence-corrected chi connectivity index (χ3v) is 3.92. The number of benzene rings is 1. The van der Waals surface area contributed by atoms with Crippen molar-refractivity contribution in [1.29, 1.82) is 0 Å². The van der Waals surface area contributed by atoms with Crippen LogP contribution < -0.4 is 10.1 Å². The van der Waals surface area contributed by atoms with Gasteiger partial charge in [-0.3, -0.25) is 0 Å². The molecule has 2 atom stereocenters. The van der Waals surface area contributed by atoms with Gasteiger partial charge in [0.25, 0.3) is 0 Å². The predicted molar refractivity (Wildman–Crippen MR) is 80.0 cm³/mol. The molecule has 0 saturated carbocycles. The van der Waals surface area contributed by atoms with Crippen molar-refractivity contribution in [2.24, 2.45) is 5.92 Å². The average molecular weight is 289 g/mol. The van der Waals surface area contributed by atoms with Gasteiger partial charge >= 0.3 is 0 Å². The molecule has 1 unspecified atom stereocenters. The Bertz CT molecular complexity index is 555. The molecule has 0 aliphatic carbocycles. The first kappa shape index (κ1) is 13.4. The van der Waals surface area contributed by atoms with E-state index >= 15 is 0 Å². The van der Waals surface area contributed by atoms with Gasteiger partial charge in [0.15, 0.2) is 10.9 Å². The number of hydrogen-bond donors (Lipinski definition) is 1. The van der Waals surface area contributed by atoms with Gasteiger partial charge in [-0.15, -0.1) is 0 Å². The Labute approximate surface area is 123 Å². The van der Waals surface area contributed by atoms with Crippen LogP contribution in [0, 0.1) is 5.92 Å². The van der Waals surface area contributed by atoms with Gasteiger partial charge in [-0.1, -0.05) is 41.9 Å². The fourth-order valence-electron chi connectivity index (χ4n) is 2.61. The van der Waals surface area contributed by atoms with Crippen LogP contribution in [-0.4, -0.2) is 18.1 Å². The van der Waals surface area contributed by atoms with Crippen molar-refractivity contribution in [3.05, 3.63) is 59.4 Å². The smallest absolute Gasteiger partial charge is 0.171 e. The molecule has 20 heavy (non-hydrogen) atoms. The van der Waals surface area contributed by atoms with E-state index < -0.39 is 0 Å². The van der Waals surface area contributed by atoms with Crippen LogP contribution in [0.1, 0.15) is 18.1 Å². The molecule has 104 valence electrons. The number of aromatic nitrogens is 1. The molecule has 1 aromatic heterocycles. The van der Waals surface area contributed by atoms with E-state index in [2.05, 4.69) is 22.4 Å². The Balaban J connectivity index is 1.88. The summed E-state index contributed by atoms with van der Waals surface area (Å²) >= 11 is 6.11. The van der Waals surface area contributed by atoms with Gasteiger partial charge in [0.05, 0.1) is 0 Å². The van der Waals surface area contributed by atoms with E-state index in [1.54, 1.807) is 6.20 Å². The molecule has 3 rings (SSSR count). The molecule has 0 amide bonds. The summed E-state index contributed by atoms with van der Waals surface area (Å²) in [6, 6.07) is 14.0. The summed E-state index contributed by atoms with van der Waals surface area (Å²) in [7, 11) is 0. The van der Waals surface area contributed by atoms with E-state index in [0.717, 1.165) is 19.5 Å². The number of pyridine rings is 1. The summed E-state index contributed by atoms with van der Waals surface area (Å²) in [5, 5.41) is 3.81. The quantitative estimate of drug-likeness (QED) is 0.875. The second-order valence-electron chi connectivity index (χ2n) is 4.99. The van der Waals surface area contributed by atoms with Gasteiger partial charge < -0.3 is 10.1 Å². The molecule has 4 heteroatoms. The number of ether oxygens (including phenoxy) is 1. The van der Waals surface area contributed by atoms with E-state index in [-0.39, 0.29) is 6.10 Å². The van der Waals surface area contributed by atoms with E-state index in [1.807, 2.05) is 30.3 Å². The van der Waals surface area contributed by atoms with Gasteiger partial charge in [-0.05, 0) is 30.7 Å². The standard InChI is InChI=1S/C16H17ClN2O/c17-16-14(7-4-9-19-16)20-15(13-8-10-18-11-13)12-5-2-1-3-6-12/h1-7,9,13,15,18H,8,10-11H2/t13?,15-/m0/s1. The van der Waals surface area contributed by atoms with E-state index in [9.17, 15) is 0 Å². The minimum Gasteiger partial charge on any atom is -0.482 e. The van der Waals surface area contributed by atoms with Crippen LogP contribution in [0.25, 0.3) is 0 Å². The number of hydrogen-bond acceptors (Lipinski definition) is 3. The molecular weight excluding hydrogens is 272 g/mol. The fraction of sp³-hybridized carbons (Fsp3) is 0.312. The minimum absolute atomic E-state index is 0.00731. The van der Waals surface area contributed by atoms with Crippen molar-refractivity contribution < 1.29 is 4.74 Å². The van der Waals surface area contributed by atoms with Crippen molar-refractivity contribution in [1.82, 2.24) is 10.3 Å². The van der Waals surface area contributed by atoms with Crippen molar-refractivity contribution in [3.8, 4) is 5.75 Å². The van der Waals surface area contributed by atoms with Crippen LogP contribution in [-0.2, 0) is 0 Å². The third kappa shape index (κ3) is 2.94. The largest absolute Gasteiger partial charge is 0.482 e. The summed E-state index contributed by atoms with van der Waals surface area (Å²) in [4.78, 5) is 4.08. The molecule has 2 aromatic rings. The van der Waals surface area contributed by atoms with Crippen molar-refractivity contribution >= 4 is 11.6 Å². The Morgan fingerprint density at radius 3 is 2.75 bits per heavy atom. The zero-order valence-corrected chi connectivity index (χ0v) is 11.9. The van der Waals surface area contributed by atoms with Gasteiger partial charge in [0.1, 0.15) is 6.10 Å². The van der Waals surface area contributed by atoms with Crippen molar-refractivity contribution in [2.45, 2.75) is 12.5 Å². The molecule has 1 saturated heterocycles. The highest BCUT2D eigenvalue weighted by molar-refractivity contribution is 6.30. The summed E-state index contributed by atoms with van der Waals surface area (Å²) < 4.78 is 6.18. The van der Waals surface area contributed by atoms with Gasteiger partial charge in [0, 0.05) is 18.7 Å². The summed E-state index contributed by atoms with van der Waals surface area (Å²) in [6.45, 7) is 2.01. The Morgan fingerprint density at radius 1 is 1.20 bits per heavy atom. The van der Waals surface area contributed by atoms with Crippen LogP contribution in [0.2, 0.25) is 5.15 Å². The zero-order valence-electron chi connectivity index (χ0n) is 11.1. The first-order chi connectivity index (χ1) is 9.84.